The normalized spacial score (nSPS) is 23.1. The van der Waals surface area contributed by atoms with Crippen molar-refractivity contribution in [2.45, 2.75) is 31.8 Å². The summed E-state index contributed by atoms with van der Waals surface area (Å²) in [6, 6.07) is 2.78. The van der Waals surface area contributed by atoms with Gasteiger partial charge in [-0.05, 0) is 31.0 Å². The van der Waals surface area contributed by atoms with Crippen LogP contribution in [0.5, 0.6) is 0 Å². The number of amides is 1. The lowest BCUT2D eigenvalue weighted by Crippen LogP contribution is -2.37. The summed E-state index contributed by atoms with van der Waals surface area (Å²) in [6.45, 7) is 0.288. The van der Waals surface area contributed by atoms with Gasteiger partial charge in [-0.15, -0.1) is 0 Å². The summed E-state index contributed by atoms with van der Waals surface area (Å²) in [4.78, 5) is 11.8. The number of carbonyl (C=O) groups excluding carboxylic acids is 1. The predicted octanol–water partition coefficient (Wildman–Crippen LogP) is 2.25. The number of carbonyl (C=O) groups is 1. The molecule has 3 nitrogen and oxygen atoms in total. The van der Waals surface area contributed by atoms with E-state index in [1.54, 1.807) is 0 Å². The number of hydrogen-bond acceptors (Lipinski definition) is 2. The van der Waals surface area contributed by atoms with Crippen LogP contribution in [0.4, 0.5) is 8.78 Å². The van der Waals surface area contributed by atoms with Crippen LogP contribution in [0.2, 0.25) is 0 Å². The van der Waals surface area contributed by atoms with Crippen molar-refractivity contribution in [3.8, 4) is 0 Å². The van der Waals surface area contributed by atoms with E-state index >= 15 is 0 Å². The van der Waals surface area contributed by atoms with E-state index in [4.69, 9.17) is 0 Å². The van der Waals surface area contributed by atoms with Crippen molar-refractivity contribution in [2.75, 3.05) is 6.54 Å². The van der Waals surface area contributed by atoms with Gasteiger partial charge in [0.25, 0.3) is 5.91 Å². The van der Waals surface area contributed by atoms with Crippen LogP contribution in [0.15, 0.2) is 18.2 Å². The highest BCUT2D eigenvalue weighted by Crippen LogP contribution is 2.23. The topological polar surface area (TPSA) is 49.3 Å². The fourth-order valence-electron chi connectivity index (χ4n) is 2.42. The molecule has 2 unspecified atom stereocenters. The van der Waals surface area contributed by atoms with Crippen LogP contribution in [0, 0.1) is 17.6 Å². The minimum absolute atomic E-state index is 0.00526. The molecule has 1 aliphatic carbocycles. The molecule has 1 amide bonds. The van der Waals surface area contributed by atoms with Gasteiger partial charge in [-0.3, -0.25) is 4.79 Å². The van der Waals surface area contributed by atoms with Gasteiger partial charge in [0.05, 0.1) is 11.7 Å². The average Bonchev–Trinajstić information content (AvgIpc) is 2.40. The van der Waals surface area contributed by atoms with Gasteiger partial charge < -0.3 is 10.4 Å². The molecule has 1 saturated carbocycles. The van der Waals surface area contributed by atoms with Crippen molar-refractivity contribution in [3.05, 3.63) is 35.4 Å². The van der Waals surface area contributed by atoms with E-state index in [2.05, 4.69) is 5.32 Å². The Morgan fingerprint density at radius 2 is 2.05 bits per heavy atom. The molecular weight excluding hydrogens is 252 g/mol. The zero-order chi connectivity index (χ0) is 13.8. The molecule has 1 aromatic rings. The molecule has 0 heterocycles. The number of nitrogens with one attached hydrogen (secondary N) is 1. The lowest BCUT2D eigenvalue weighted by Gasteiger charge is -2.27. The summed E-state index contributed by atoms with van der Waals surface area (Å²) < 4.78 is 26.4. The molecule has 1 fully saturated rings. The third kappa shape index (κ3) is 3.50. The van der Waals surface area contributed by atoms with Gasteiger partial charge in [-0.1, -0.05) is 12.8 Å². The molecule has 2 atom stereocenters. The Bertz CT molecular complexity index is 465. The summed E-state index contributed by atoms with van der Waals surface area (Å²) in [6.07, 6.45) is 3.16. The number of halogens is 2. The molecule has 0 saturated heterocycles. The lowest BCUT2D eigenvalue weighted by atomic mass is 9.86. The SMILES string of the molecule is O=C(NCC1CCCCC1O)c1cc(F)ccc1F. The van der Waals surface area contributed by atoms with Crippen molar-refractivity contribution < 1.29 is 18.7 Å². The quantitative estimate of drug-likeness (QED) is 0.884. The van der Waals surface area contributed by atoms with Gasteiger partial charge in [-0.2, -0.15) is 0 Å². The van der Waals surface area contributed by atoms with Gasteiger partial charge in [0, 0.05) is 12.5 Å². The molecule has 19 heavy (non-hydrogen) atoms. The largest absolute Gasteiger partial charge is 0.393 e. The predicted molar refractivity (Wildman–Crippen MR) is 66.7 cm³/mol. The summed E-state index contributed by atoms with van der Waals surface area (Å²) in [5.74, 6) is -2.04. The first-order valence-electron chi connectivity index (χ1n) is 6.49. The number of aliphatic hydroxyl groups excluding tert-OH is 1. The molecule has 1 aromatic carbocycles. The van der Waals surface area contributed by atoms with Crippen LogP contribution in [0.1, 0.15) is 36.0 Å². The van der Waals surface area contributed by atoms with Gasteiger partial charge >= 0.3 is 0 Å². The molecule has 2 rings (SSSR count). The Morgan fingerprint density at radius 3 is 2.79 bits per heavy atom. The molecule has 5 heteroatoms. The molecule has 0 aliphatic heterocycles. The number of rotatable bonds is 3. The standard InChI is InChI=1S/C14H17F2NO2/c15-10-5-6-12(16)11(7-10)14(19)17-8-9-3-1-2-4-13(9)18/h5-7,9,13,18H,1-4,8H2,(H,17,19). The van der Waals surface area contributed by atoms with Crippen LogP contribution in [0.25, 0.3) is 0 Å². The second-order valence-corrected chi connectivity index (χ2v) is 4.95. The molecule has 0 radical (unpaired) electrons. The summed E-state index contributed by atoms with van der Waals surface area (Å²) >= 11 is 0. The third-order valence-corrected chi connectivity index (χ3v) is 3.57. The minimum Gasteiger partial charge on any atom is -0.393 e. The van der Waals surface area contributed by atoms with Gasteiger partial charge in [0.15, 0.2) is 0 Å². The van der Waals surface area contributed by atoms with E-state index < -0.39 is 23.6 Å². The average molecular weight is 269 g/mol. The Labute approximate surface area is 110 Å². The van der Waals surface area contributed by atoms with E-state index in [0.29, 0.717) is 0 Å². The van der Waals surface area contributed by atoms with E-state index in [0.717, 1.165) is 43.9 Å². The van der Waals surface area contributed by atoms with Crippen LogP contribution in [-0.2, 0) is 0 Å². The first kappa shape index (κ1) is 13.9. The lowest BCUT2D eigenvalue weighted by molar-refractivity contribution is 0.0662. The highest BCUT2D eigenvalue weighted by molar-refractivity contribution is 5.94. The zero-order valence-electron chi connectivity index (χ0n) is 10.5. The van der Waals surface area contributed by atoms with E-state index in [9.17, 15) is 18.7 Å². The van der Waals surface area contributed by atoms with E-state index in [1.807, 2.05) is 0 Å². The van der Waals surface area contributed by atoms with E-state index in [1.165, 1.54) is 0 Å². The molecule has 1 aliphatic rings. The van der Waals surface area contributed by atoms with Gasteiger partial charge in [-0.25, -0.2) is 8.78 Å². The van der Waals surface area contributed by atoms with Gasteiger partial charge in [0.2, 0.25) is 0 Å². The second kappa shape index (κ2) is 6.10. The third-order valence-electron chi connectivity index (χ3n) is 3.57. The second-order valence-electron chi connectivity index (χ2n) is 4.95. The fourth-order valence-corrected chi connectivity index (χ4v) is 2.42. The molecule has 0 aromatic heterocycles. The number of aliphatic hydroxyl groups is 1. The monoisotopic (exact) mass is 269 g/mol. The van der Waals surface area contributed by atoms with Crippen LogP contribution in [-0.4, -0.2) is 23.7 Å². The van der Waals surface area contributed by atoms with Gasteiger partial charge in [0.1, 0.15) is 11.6 Å². The van der Waals surface area contributed by atoms with Crippen LogP contribution >= 0.6 is 0 Å². The summed E-state index contributed by atoms with van der Waals surface area (Å²) in [5.41, 5.74) is -0.301. The molecule has 104 valence electrons. The number of hydrogen-bond donors (Lipinski definition) is 2. The van der Waals surface area contributed by atoms with Crippen molar-refractivity contribution in [3.63, 3.8) is 0 Å². The Kier molecular flexibility index (Phi) is 4.47. The molecule has 0 spiro atoms. The maximum Gasteiger partial charge on any atom is 0.254 e. The Balaban J connectivity index is 1.95. The highest BCUT2D eigenvalue weighted by Gasteiger charge is 2.24. The maximum atomic E-state index is 13.4. The molecular formula is C14H17F2NO2. The first-order valence-corrected chi connectivity index (χ1v) is 6.49. The summed E-state index contributed by atoms with van der Waals surface area (Å²) in [5, 5.41) is 12.3. The van der Waals surface area contributed by atoms with Crippen LogP contribution in [0.3, 0.4) is 0 Å². The van der Waals surface area contributed by atoms with Crippen molar-refractivity contribution in [1.29, 1.82) is 0 Å². The fraction of sp³-hybridized carbons (Fsp3) is 0.500. The van der Waals surface area contributed by atoms with Crippen molar-refractivity contribution >= 4 is 5.91 Å². The zero-order valence-corrected chi connectivity index (χ0v) is 10.5. The Hall–Kier alpha value is -1.49. The smallest absolute Gasteiger partial charge is 0.254 e. The first-order chi connectivity index (χ1) is 9.08. The molecule has 0 bridgehead atoms. The van der Waals surface area contributed by atoms with Crippen LogP contribution < -0.4 is 5.32 Å². The maximum absolute atomic E-state index is 13.4. The Morgan fingerprint density at radius 1 is 1.32 bits per heavy atom. The molecule has 2 N–H and O–H groups in total. The minimum atomic E-state index is -0.747. The highest BCUT2D eigenvalue weighted by atomic mass is 19.1. The van der Waals surface area contributed by atoms with Crippen molar-refractivity contribution in [2.24, 2.45) is 5.92 Å². The van der Waals surface area contributed by atoms with E-state index in [-0.39, 0.29) is 18.0 Å². The summed E-state index contributed by atoms with van der Waals surface area (Å²) in [7, 11) is 0. The number of benzene rings is 1. The van der Waals surface area contributed by atoms with Crippen molar-refractivity contribution in [1.82, 2.24) is 5.32 Å².